The van der Waals surface area contributed by atoms with Gasteiger partial charge in [-0.1, -0.05) is 0 Å². The standard InChI is InChI=1S/C6H12ClNO4S/c1-4-12-6(9)5(2)8(3)13(7,10)11/h5H,4H2,1-3H3. The molecule has 0 aliphatic heterocycles. The first kappa shape index (κ1) is 12.7. The van der Waals surface area contributed by atoms with Gasteiger partial charge in [0.15, 0.2) is 0 Å². The Morgan fingerprint density at radius 1 is 1.62 bits per heavy atom. The van der Waals surface area contributed by atoms with Crippen LogP contribution in [-0.4, -0.2) is 38.4 Å². The third-order valence-electron chi connectivity index (χ3n) is 1.52. The monoisotopic (exact) mass is 229 g/mol. The Kier molecular flexibility index (Phi) is 4.66. The lowest BCUT2D eigenvalue weighted by molar-refractivity contribution is -0.146. The number of likely N-dealkylation sites (N-methyl/N-ethyl adjacent to an activating group) is 1. The van der Waals surface area contributed by atoms with Gasteiger partial charge in [0.2, 0.25) is 0 Å². The number of carbonyl (C=O) groups excluding carboxylic acids is 1. The Balaban J connectivity index is 4.43. The van der Waals surface area contributed by atoms with E-state index in [4.69, 9.17) is 10.7 Å². The fourth-order valence-corrected chi connectivity index (χ4v) is 1.42. The van der Waals surface area contributed by atoms with Crippen LogP contribution in [0.25, 0.3) is 0 Å². The maximum atomic E-state index is 11.0. The van der Waals surface area contributed by atoms with E-state index in [-0.39, 0.29) is 6.61 Å². The van der Waals surface area contributed by atoms with Crippen LogP contribution in [0.5, 0.6) is 0 Å². The number of nitrogens with zero attached hydrogens (tertiary/aromatic N) is 1. The highest BCUT2D eigenvalue weighted by molar-refractivity contribution is 8.11. The zero-order valence-electron chi connectivity index (χ0n) is 7.65. The quantitative estimate of drug-likeness (QED) is 0.516. The number of rotatable bonds is 4. The summed E-state index contributed by atoms with van der Waals surface area (Å²) in [6.07, 6.45) is 0. The van der Waals surface area contributed by atoms with E-state index in [1.54, 1.807) is 6.92 Å². The summed E-state index contributed by atoms with van der Waals surface area (Å²) in [5, 5.41) is 0. The molecule has 0 aromatic heterocycles. The first-order valence-corrected chi connectivity index (χ1v) is 5.91. The lowest BCUT2D eigenvalue weighted by atomic mass is 10.3. The minimum absolute atomic E-state index is 0.208. The Hall–Kier alpha value is -0.330. The molecule has 0 heterocycles. The molecule has 0 saturated heterocycles. The van der Waals surface area contributed by atoms with E-state index >= 15 is 0 Å². The van der Waals surface area contributed by atoms with Crippen LogP contribution in [0, 0.1) is 0 Å². The molecule has 0 aliphatic carbocycles. The molecule has 0 aromatic rings. The summed E-state index contributed by atoms with van der Waals surface area (Å²) in [5.74, 6) is -0.616. The van der Waals surface area contributed by atoms with E-state index in [9.17, 15) is 13.2 Å². The van der Waals surface area contributed by atoms with Gasteiger partial charge in [0.05, 0.1) is 6.61 Å². The Morgan fingerprint density at radius 2 is 2.08 bits per heavy atom. The van der Waals surface area contributed by atoms with Crippen molar-refractivity contribution in [2.75, 3.05) is 13.7 Å². The zero-order valence-corrected chi connectivity index (χ0v) is 9.22. The van der Waals surface area contributed by atoms with Crippen LogP contribution < -0.4 is 0 Å². The lowest BCUT2D eigenvalue weighted by Gasteiger charge is -2.18. The average molecular weight is 230 g/mol. The second-order valence-electron chi connectivity index (χ2n) is 2.39. The molecule has 0 N–H and O–H groups in total. The van der Waals surface area contributed by atoms with Crippen molar-refractivity contribution < 1.29 is 17.9 Å². The second kappa shape index (κ2) is 4.78. The summed E-state index contributed by atoms with van der Waals surface area (Å²) in [6.45, 7) is 3.25. The van der Waals surface area contributed by atoms with Crippen molar-refractivity contribution in [1.82, 2.24) is 4.31 Å². The molecule has 0 aromatic carbocycles. The van der Waals surface area contributed by atoms with Gasteiger partial charge in [0, 0.05) is 17.7 Å². The maximum Gasteiger partial charge on any atom is 0.324 e. The molecule has 0 saturated carbocycles. The number of carbonyl (C=O) groups is 1. The van der Waals surface area contributed by atoms with E-state index < -0.39 is 21.2 Å². The van der Waals surface area contributed by atoms with Crippen molar-refractivity contribution in [2.45, 2.75) is 19.9 Å². The van der Waals surface area contributed by atoms with Gasteiger partial charge in [-0.25, -0.2) is 0 Å². The molecule has 0 aliphatic rings. The molecule has 5 nitrogen and oxygen atoms in total. The summed E-state index contributed by atoms with van der Waals surface area (Å²) < 4.78 is 26.9. The first-order valence-electron chi connectivity index (χ1n) is 3.65. The topological polar surface area (TPSA) is 63.7 Å². The summed E-state index contributed by atoms with van der Waals surface area (Å²) in [5.41, 5.74) is 0. The zero-order chi connectivity index (χ0) is 10.6. The van der Waals surface area contributed by atoms with Crippen molar-refractivity contribution in [3.8, 4) is 0 Å². The van der Waals surface area contributed by atoms with E-state index in [0.717, 1.165) is 4.31 Å². The molecule has 1 atom stereocenters. The smallest absolute Gasteiger partial charge is 0.324 e. The van der Waals surface area contributed by atoms with Crippen LogP contribution in [-0.2, 0) is 18.8 Å². The van der Waals surface area contributed by atoms with Crippen molar-refractivity contribution in [3.05, 3.63) is 0 Å². The number of ether oxygens (including phenoxy) is 1. The number of hydrogen-bond donors (Lipinski definition) is 0. The van der Waals surface area contributed by atoms with E-state index in [1.165, 1.54) is 14.0 Å². The minimum Gasteiger partial charge on any atom is -0.465 e. The Morgan fingerprint density at radius 3 is 2.38 bits per heavy atom. The Bertz CT molecular complexity index is 276. The summed E-state index contributed by atoms with van der Waals surface area (Å²) in [6, 6.07) is -0.901. The number of halogens is 1. The summed E-state index contributed by atoms with van der Waals surface area (Å²) in [4.78, 5) is 11.0. The fourth-order valence-electron chi connectivity index (χ4n) is 0.600. The molecule has 78 valence electrons. The lowest BCUT2D eigenvalue weighted by Crippen LogP contribution is -2.39. The largest absolute Gasteiger partial charge is 0.465 e. The van der Waals surface area contributed by atoms with Gasteiger partial charge in [0.1, 0.15) is 6.04 Å². The highest BCUT2D eigenvalue weighted by Crippen LogP contribution is 2.09. The van der Waals surface area contributed by atoms with Crippen molar-refractivity contribution in [1.29, 1.82) is 0 Å². The van der Waals surface area contributed by atoms with Crippen molar-refractivity contribution in [3.63, 3.8) is 0 Å². The SMILES string of the molecule is CCOC(=O)C(C)N(C)S(=O)(=O)Cl. The van der Waals surface area contributed by atoms with Gasteiger partial charge in [-0.2, -0.15) is 12.7 Å². The third-order valence-corrected chi connectivity index (χ3v) is 3.17. The van der Waals surface area contributed by atoms with Crippen molar-refractivity contribution in [2.24, 2.45) is 0 Å². The van der Waals surface area contributed by atoms with Gasteiger partial charge < -0.3 is 4.74 Å². The molecule has 0 bridgehead atoms. The molecule has 7 heteroatoms. The van der Waals surface area contributed by atoms with Crippen LogP contribution in [0.15, 0.2) is 0 Å². The number of hydrogen-bond acceptors (Lipinski definition) is 4. The summed E-state index contributed by atoms with van der Waals surface area (Å²) in [7, 11) is 2.36. The van der Waals surface area contributed by atoms with Gasteiger partial charge in [-0.15, -0.1) is 0 Å². The minimum atomic E-state index is -3.86. The van der Waals surface area contributed by atoms with Crippen LogP contribution in [0.3, 0.4) is 0 Å². The summed E-state index contributed by atoms with van der Waals surface area (Å²) >= 11 is 0. The molecule has 0 rings (SSSR count). The molecule has 0 radical (unpaired) electrons. The predicted molar refractivity (Wildman–Crippen MR) is 48.6 cm³/mol. The highest BCUT2D eigenvalue weighted by atomic mass is 35.7. The molecular formula is C6H12ClNO4S. The molecule has 0 spiro atoms. The Labute approximate surface area is 82.2 Å². The maximum absolute atomic E-state index is 11.0. The molecule has 13 heavy (non-hydrogen) atoms. The van der Waals surface area contributed by atoms with E-state index in [0.29, 0.717) is 0 Å². The molecule has 0 fully saturated rings. The van der Waals surface area contributed by atoms with Gasteiger partial charge in [-0.3, -0.25) is 4.79 Å². The van der Waals surface area contributed by atoms with Crippen LogP contribution in [0.4, 0.5) is 0 Å². The van der Waals surface area contributed by atoms with Crippen LogP contribution in [0.2, 0.25) is 0 Å². The van der Waals surface area contributed by atoms with E-state index in [2.05, 4.69) is 4.74 Å². The van der Waals surface area contributed by atoms with Crippen molar-refractivity contribution >= 4 is 25.9 Å². The normalized spacial score (nSPS) is 14.2. The van der Waals surface area contributed by atoms with Gasteiger partial charge >= 0.3 is 5.97 Å². The second-order valence-corrected chi connectivity index (χ2v) is 4.96. The average Bonchev–Trinajstić information content (AvgIpc) is 2.00. The van der Waals surface area contributed by atoms with Crippen LogP contribution >= 0.6 is 10.7 Å². The third kappa shape index (κ3) is 3.93. The highest BCUT2D eigenvalue weighted by Gasteiger charge is 2.27. The molecule has 1 unspecified atom stereocenters. The molecular weight excluding hydrogens is 218 g/mol. The fraction of sp³-hybridized carbons (Fsp3) is 0.833. The predicted octanol–water partition coefficient (Wildman–Crippen LogP) is 0.353. The molecule has 0 amide bonds. The first-order chi connectivity index (χ1) is 5.80. The van der Waals surface area contributed by atoms with Gasteiger partial charge in [0.25, 0.3) is 9.24 Å². The van der Waals surface area contributed by atoms with E-state index in [1.807, 2.05) is 0 Å². The van der Waals surface area contributed by atoms with Crippen LogP contribution in [0.1, 0.15) is 13.8 Å². The number of esters is 1. The van der Waals surface area contributed by atoms with Gasteiger partial charge in [-0.05, 0) is 13.8 Å².